The second kappa shape index (κ2) is 6.83. The van der Waals surface area contributed by atoms with Crippen molar-refractivity contribution in [1.82, 2.24) is 0 Å². The number of anilines is 1. The third-order valence-corrected chi connectivity index (χ3v) is 6.14. The van der Waals surface area contributed by atoms with Gasteiger partial charge in [-0.2, -0.15) is 0 Å². The molecule has 0 bridgehead atoms. The van der Waals surface area contributed by atoms with Gasteiger partial charge in [-0.1, -0.05) is 27.7 Å². The van der Waals surface area contributed by atoms with Gasteiger partial charge in [-0.3, -0.25) is 0 Å². The van der Waals surface area contributed by atoms with Gasteiger partial charge >= 0.3 is 0 Å². The summed E-state index contributed by atoms with van der Waals surface area (Å²) in [5.41, 5.74) is 3.55. The van der Waals surface area contributed by atoms with Crippen LogP contribution in [0.3, 0.4) is 0 Å². The predicted octanol–water partition coefficient (Wildman–Crippen LogP) is 6.09. The average Bonchev–Trinajstić information content (AvgIpc) is 3.38. The third kappa shape index (κ3) is 3.56. The normalized spacial score (nSPS) is 21.0. The molecule has 128 valence electrons. The molecule has 0 amide bonds. The molecule has 1 aromatic rings. The van der Waals surface area contributed by atoms with Crippen LogP contribution >= 0.6 is 0 Å². The van der Waals surface area contributed by atoms with Crippen LogP contribution in [0.5, 0.6) is 0 Å². The van der Waals surface area contributed by atoms with E-state index in [1.807, 2.05) is 6.07 Å². The molecule has 1 atom stereocenters. The Bertz CT molecular complexity index is 539. The van der Waals surface area contributed by atoms with Crippen LogP contribution in [-0.4, -0.2) is 13.1 Å². The maximum absolute atomic E-state index is 14.8. The van der Waals surface area contributed by atoms with E-state index >= 15 is 0 Å². The first-order chi connectivity index (χ1) is 11.0. The lowest BCUT2D eigenvalue weighted by Crippen LogP contribution is -2.35. The zero-order valence-electron chi connectivity index (χ0n) is 15.2. The molecule has 0 aromatic heterocycles. The zero-order valence-corrected chi connectivity index (χ0v) is 15.2. The summed E-state index contributed by atoms with van der Waals surface area (Å²) in [5, 5.41) is 0. The zero-order chi connectivity index (χ0) is 16.6. The van der Waals surface area contributed by atoms with E-state index in [0.29, 0.717) is 11.8 Å². The van der Waals surface area contributed by atoms with Gasteiger partial charge in [0, 0.05) is 13.1 Å². The van der Waals surface area contributed by atoms with Crippen LogP contribution in [0.15, 0.2) is 12.1 Å². The monoisotopic (exact) mass is 317 g/mol. The number of hydrogen-bond donors (Lipinski definition) is 0. The third-order valence-electron chi connectivity index (χ3n) is 6.14. The second-order valence-corrected chi connectivity index (χ2v) is 8.08. The lowest BCUT2D eigenvalue weighted by atomic mass is 9.86. The van der Waals surface area contributed by atoms with E-state index in [1.165, 1.54) is 36.8 Å². The maximum atomic E-state index is 14.8. The molecule has 1 aliphatic heterocycles. The lowest BCUT2D eigenvalue weighted by molar-refractivity contribution is 0.310. The van der Waals surface area contributed by atoms with E-state index in [0.717, 1.165) is 37.0 Å². The molecule has 1 unspecified atom stereocenters. The van der Waals surface area contributed by atoms with Crippen molar-refractivity contribution >= 4 is 5.69 Å². The highest BCUT2D eigenvalue weighted by Gasteiger charge is 2.30. The maximum Gasteiger partial charge on any atom is 0.146 e. The van der Waals surface area contributed by atoms with Crippen LogP contribution in [0.2, 0.25) is 0 Å². The number of rotatable bonds is 5. The Labute approximate surface area is 141 Å². The fourth-order valence-electron chi connectivity index (χ4n) is 4.04. The number of benzene rings is 1. The molecular formula is C21H32FN. The van der Waals surface area contributed by atoms with Crippen molar-refractivity contribution in [2.75, 3.05) is 18.0 Å². The summed E-state index contributed by atoms with van der Waals surface area (Å²) < 4.78 is 14.8. The van der Waals surface area contributed by atoms with Crippen molar-refractivity contribution in [3.8, 4) is 0 Å². The molecule has 2 heteroatoms. The van der Waals surface area contributed by atoms with Gasteiger partial charge in [-0.15, -0.1) is 0 Å². The first-order valence-electron chi connectivity index (χ1n) is 9.59. The summed E-state index contributed by atoms with van der Waals surface area (Å²) in [6, 6.07) is 4.05. The minimum atomic E-state index is -0.00676. The fraction of sp³-hybridized carbons (Fsp3) is 0.714. The first kappa shape index (κ1) is 16.8. The quantitative estimate of drug-likeness (QED) is 0.635. The van der Waals surface area contributed by atoms with Crippen LogP contribution in [0, 0.1) is 17.7 Å². The average molecular weight is 317 g/mol. The minimum absolute atomic E-state index is 0.00676. The Morgan fingerprint density at radius 1 is 1.09 bits per heavy atom. The summed E-state index contributed by atoms with van der Waals surface area (Å²) in [6.45, 7) is 11.1. The summed E-state index contributed by atoms with van der Waals surface area (Å²) >= 11 is 0. The minimum Gasteiger partial charge on any atom is -0.369 e. The summed E-state index contributed by atoms with van der Waals surface area (Å²) in [6.07, 6.45) is 6.04. The molecule has 1 heterocycles. The van der Waals surface area contributed by atoms with E-state index < -0.39 is 0 Å². The van der Waals surface area contributed by atoms with Crippen LogP contribution in [-0.2, 0) is 0 Å². The summed E-state index contributed by atoms with van der Waals surface area (Å²) in [4.78, 5) is 2.29. The van der Waals surface area contributed by atoms with Crippen molar-refractivity contribution in [1.29, 1.82) is 0 Å². The van der Waals surface area contributed by atoms with Crippen molar-refractivity contribution in [3.05, 3.63) is 29.1 Å². The SMILES string of the molecule is CCC(C)c1cc(F)c(N2CCC(C(C)C)CC2)cc1C1CC1. The van der Waals surface area contributed by atoms with E-state index in [2.05, 4.69) is 38.7 Å². The van der Waals surface area contributed by atoms with Gasteiger partial charge in [0.2, 0.25) is 0 Å². The smallest absolute Gasteiger partial charge is 0.146 e. The molecule has 23 heavy (non-hydrogen) atoms. The van der Waals surface area contributed by atoms with Gasteiger partial charge in [-0.25, -0.2) is 4.39 Å². The standard InChI is InChI=1S/C21H32FN/c1-5-15(4)18-12-20(22)21(13-19(18)17-6-7-17)23-10-8-16(9-11-23)14(2)3/h12-17H,5-11H2,1-4H3. The van der Waals surface area contributed by atoms with E-state index in [1.54, 1.807) is 0 Å². The molecule has 1 aromatic carbocycles. The van der Waals surface area contributed by atoms with Crippen LogP contribution in [0.25, 0.3) is 0 Å². The largest absolute Gasteiger partial charge is 0.369 e. The highest BCUT2D eigenvalue weighted by Crippen LogP contribution is 2.46. The van der Waals surface area contributed by atoms with Gasteiger partial charge in [0.25, 0.3) is 0 Å². The van der Waals surface area contributed by atoms with Gasteiger partial charge in [-0.05, 0) is 79.0 Å². The number of halogens is 1. The van der Waals surface area contributed by atoms with E-state index in [4.69, 9.17) is 0 Å². The van der Waals surface area contributed by atoms with Gasteiger partial charge in [0.15, 0.2) is 0 Å². The number of piperidine rings is 1. The van der Waals surface area contributed by atoms with Crippen molar-refractivity contribution in [2.45, 2.75) is 71.6 Å². The molecule has 3 rings (SSSR count). The summed E-state index contributed by atoms with van der Waals surface area (Å²) in [5.74, 6) is 2.69. The van der Waals surface area contributed by atoms with Crippen molar-refractivity contribution in [2.24, 2.45) is 11.8 Å². The highest BCUT2D eigenvalue weighted by atomic mass is 19.1. The molecule has 0 spiro atoms. The van der Waals surface area contributed by atoms with Crippen LogP contribution in [0.4, 0.5) is 10.1 Å². The Balaban J connectivity index is 1.84. The molecular weight excluding hydrogens is 285 g/mol. The Kier molecular flexibility index (Phi) is 4.98. The highest BCUT2D eigenvalue weighted by molar-refractivity contribution is 5.55. The Hall–Kier alpha value is -1.05. The topological polar surface area (TPSA) is 3.24 Å². The molecule has 1 saturated heterocycles. The summed E-state index contributed by atoms with van der Waals surface area (Å²) in [7, 11) is 0. The number of nitrogens with zero attached hydrogens (tertiary/aromatic N) is 1. The molecule has 0 radical (unpaired) electrons. The number of hydrogen-bond acceptors (Lipinski definition) is 1. The molecule has 1 aliphatic carbocycles. The van der Waals surface area contributed by atoms with E-state index in [-0.39, 0.29) is 5.82 Å². The van der Waals surface area contributed by atoms with E-state index in [9.17, 15) is 4.39 Å². The lowest BCUT2D eigenvalue weighted by Gasteiger charge is -2.36. The van der Waals surface area contributed by atoms with Gasteiger partial charge < -0.3 is 4.90 Å². The Morgan fingerprint density at radius 3 is 2.26 bits per heavy atom. The molecule has 1 saturated carbocycles. The predicted molar refractivity (Wildman–Crippen MR) is 96.9 cm³/mol. The van der Waals surface area contributed by atoms with Crippen molar-refractivity contribution < 1.29 is 4.39 Å². The Morgan fingerprint density at radius 2 is 1.74 bits per heavy atom. The van der Waals surface area contributed by atoms with Crippen LogP contribution in [0.1, 0.15) is 82.8 Å². The van der Waals surface area contributed by atoms with Gasteiger partial charge in [0.05, 0.1) is 5.69 Å². The second-order valence-electron chi connectivity index (χ2n) is 8.08. The first-order valence-corrected chi connectivity index (χ1v) is 9.59. The van der Waals surface area contributed by atoms with Crippen molar-refractivity contribution in [3.63, 3.8) is 0 Å². The molecule has 1 nitrogen and oxygen atoms in total. The van der Waals surface area contributed by atoms with Crippen LogP contribution < -0.4 is 4.90 Å². The molecule has 0 N–H and O–H groups in total. The fourth-order valence-corrected chi connectivity index (χ4v) is 4.04. The molecule has 2 aliphatic rings. The molecule has 2 fully saturated rings. The van der Waals surface area contributed by atoms with Gasteiger partial charge in [0.1, 0.15) is 5.82 Å².